The number of imide groups is 2. The van der Waals surface area contributed by atoms with Gasteiger partial charge in [0.25, 0.3) is 0 Å². The zero-order valence-corrected chi connectivity index (χ0v) is 16.3. The number of carbonyl (C=O) groups is 4. The molecule has 1 aromatic carbocycles. The third-order valence-corrected chi connectivity index (χ3v) is 6.55. The van der Waals surface area contributed by atoms with Crippen molar-refractivity contribution >= 4 is 41.0 Å². The van der Waals surface area contributed by atoms with Gasteiger partial charge in [-0.3, -0.25) is 19.3 Å². The van der Waals surface area contributed by atoms with Crippen LogP contribution in [0.15, 0.2) is 24.3 Å². The molecule has 4 rings (SSSR count). The molecule has 0 aromatic heterocycles. The van der Waals surface area contributed by atoms with Crippen molar-refractivity contribution in [2.24, 2.45) is 17.8 Å². The maximum Gasteiger partial charge on any atom is 0.334 e. The molecule has 0 unspecified atom stereocenters. The zero-order valence-electron chi connectivity index (χ0n) is 15.6. The number of nitrogens with zero attached hydrogens (tertiary/aromatic N) is 2. The lowest BCUT2D eigenvalue weighted by Crippen LogP contribution is -2.45. The van der Waals surface area contributed by atoms with Crippen molar-refractivity contribution in [2.45, 2.75) is 38.6 Å². The molecule has 1 saturated heterocycles. The number of anilines is 1. The molecular weight excluding hydrogens is 382 g/mol. The summed E-state index contributed by atoms with van der Waals surface area (Å²) in [6.45, 7) is 1.33. The van der Waals surface area contributed by atoms with Crippen LogP contribution in [0, 0.1) is 17.8 Å². The van der Waals surface area contributed by atoms with Crippen molar-refractivity contribution in [1.82, 2.24) is 9.80 Å². The molecule has 0 spiro atoms. The Labute approximate surface area is 168 Å². The number of hydrogen-bond acceptors (Lipinski definition) is 4. The number of urea groups is 1. The van der Waals surface area contributed by atoms with Gasteiger partial charge in [0, 0.05) is 16.8 Å². The Bertz CT molecular complexity index is 858. The van der Waals surface area contributed by atoms with Crippen LogP contribution in [0.2, 0.25) is 5.02 Å². The normalized spacial score (nSPS) is 27.6. The molecule has 2 saturated carbocycles. The average molecular weight is 404 g/mol. The van der Waals surface area contributed by atoms with Crippen LogP contribution in [-0.4, -0.2) is 46.1 Å². The van der Waals surface area contributed by atoms with E-state index in [0.29, 0.717) is 22.5 Å². The van der Waals surface area contributed by atoms with E-state index >= 15 is 0 Å². The topological polar surface area (TPSA) is 86.8 Å². The van der Waals surface area contributed by atoms with E-state index < -0.39 is 30.3 Å². The predicted octanol–water partition coefficient (Wildman–Crippen LogP) is 2.89. The van der Waals surface area contributed by atoms with Crippen LogP contribution in [0.3, 0.4) is 0 Å². The molecule has 2 aliphatic carbocycles. The molecule has 1 N–H and O–H groups in total. The van der Waals surface area contributed by atoms with Crippen LogP contribution >= 0.6 is 11.6 Å². The molecule has 1 aliphatic heterocycles. The third kappa shape index (κ3) is 3.28. The third-order valence-electron chi connectivity index (χ3n) is 6.31. The molecule has 3 fully saturated rings. The van der Waals surface area contributed by atoms with E-state index in [-0.39, 0.29) is 12.0 Å². The summed E-state index contributed by atoms with van der Waals surface area (Å²) in [4.78, 5) is 51.7. The van der Waals surface area contributed by atoms with E-state index in [1.807, 2.05) is 6.92 Å². The van der Waals surface area contributed by atoms with Crippen LogP contribution in [-0.2, 0) is 14.4 Å². The summed E-state index contributed by atoms with van der Waals surface area (Å²) in [6.07, 6.45) is 4.47. The fourth-order valence-electron chi connectivity index (χ4n) is 5.01. The molecule has 1 aromatic rings. The number of benzene rings is 1. The van der Waals surface area contributed by atoms with Crippen molar-refractivity contribution in [3.8, 4) is 0 Å². The second-order valence-electron chi connectivity index (χ2n) is 7.99. The quantitative estimate of drug-likeness (QED) is 0.605. The Morgan fingerprint density at radius 1 is 1.21 bits per heavy atom. The van der Waals surface area contributed by atoms with Gasteiger partial charge >= 0.3 is 17.8 Å². The monoisotopic (exact) mass is 403 g/mol. The Hall–Kier alpha value is -2.41. The van der Waals surface area contributed by atoms with Crippen LogP contribution < -0.4 is 5.32 Å². The summed E-state index contributed by atoms with van der Waals surface area (Å²) >= 11 is 5.89. The molecular formula is C20H22ClN3O4. The molecule has 2 bridgehead atoms. The summed E-state index contributed by atoms with van der Waals surface area (Å²) in [5.41, 5.74) is 0.454. The fraction of sp³-hybridized carbons (Fsp3) is 0.500. The van der Waals surface area contributed by atoms with Crippen molar-refractivity contribution < 1.29 is 19.2 Å². The molecule has 7 nitrogen and oxygen atoms in total. The van der Waals surface area contributed by atoms with Gasteiger partial charge in [0.1, 0.15) is 6.54 Å². The number of halogens is 1. The Morgan fingerprint density at radius 2 is 2.00 bits per heavy atom. The number of carbonyl (C=O) groups excluding carboxylic acids is 4. The Morgan fingerprint density at radius 3 is 2.64 bits per heavy atom. The van der Waals surface area contributed by atoms with Gasteiger partial charge in [-0.15, -0.1) is 0 Å². The number of nitrogens with one attached hydrogen (secondary N) is 1. The fourth-order valence-corrected chi connectivity index (χ4v) is 5.20. The van der Waals surface area contributed by atoms with Crippen molar-refractivity contribution in [2.75, 3.05) is 11.9 Å². The molecule has 1 heterocycles. The first-order valence-corrected chi connectivity index (χ1v) is 9.97. The molecule has 3 aliphatic rings. The van der Waals surface area contributed by atoms with E-state index in [1.165, 1.54) is 6.42 Å². The second-order valence-corrected chi connectivity index (χ2v) is 8.42. The van der Waals surface area contributed by atoms with Crippen molar-refractivity contribution in [3.63, 3.8) is 0 Å². The van der Waals surface area contributed by atoms with Crippen LogP contribution in [0.1, 0.15) is 32.6 Å². The highest BCUT2D eigenvalue weighted by molar-refractivity contribution is 6.45. The minimum absolute atomic E-state index is 0.236. The predicted molar refractivity (Wildman–Crippen MR) is 102 cm³/mol. The number of fused-ring (bicyclic) bond motifs is 2. The van der Waals surface area contributed by atoms with Gasteiger partial charge in [-0.25, -0.2) is 9.69 Å². The van der Waals surface area contributed by atoms with E-state index in [0.717, 1.165) is 29.1 Å². The SMILES string of the molecule is C[C@H]([C@H]1C[C@H]2CC[C@H]1C2)N1C(=O)C(=O)N(CC(=O)Nc2cccc(Cl)c2)C1=O. The summed E-state index contributed by atoms with van der Waals surface area (Å²) < 4.78 is 0. The van der Waals surface area contributed by atoms with E-state index in [9.17, 15) is 19.2 Å². The lowest BCUT2D eigenvalue weighted by molar-refractivity contribution is -0.144. The first-order chi connectivity index (χ1) is 13.3. The van der Waals surface area contributed by atoms with E-state index in [4.69, 9.17) is 11.6 Å². The standard InChI is InChI=1S/C20H22ClN3O4/c1-11(16-8-12-5-6-13(16)7-12)24-19(27)18(26)23(20(24)28)10-17(25)22-15-4-2-3-14(21)9-15/h2-4,9,11-13,16H,5-8,10H2,1H3,(H,22,25)/t11-,12+,13+,16-/m1/s1. The summed E-state index contributed by atoms with van der Waals surface area (Å²) in [5.74, 6) is -0.931. The summed E-state index contributed by atoms with van der Waals surface area (Å²) in [7, 11) is 0. The van der Waals surface area contributed by atoms with Gasteiger partial charge < -0.3 is 5.32 Å². The van der Waals surface area contributed by atoms with Crippen molar-refractivity contribution in [1.29, 1.82) is 0 Å². The smallest absolute Gasteiger partial charge is 0.324 e. The van der Waals surface area contributed by atoms with Gasteiger partial charge in [0.05, 0.1) is 0 Å². The van der Waals surface area contributed by atoms with Gasteiger partial charge in [-0.05, 0) is 62.1 Å². The molecule has 0 radical (unpaired) electrons. The van der Waals surface area contributed by atoms with Gasteiger partial charge in [-0.2, -0.15) is 0 Å². The second kappa shape index (κ2) is 7.20. The highest BCUT2D eigenvalue weighted by atomic mass is 35.5. The van der Waals surface area contributed by atoms with E-state index in [2.05, 4.69) is 5.32 Å². The average Bonchev–Trinajstić information content (AvgIpc) is 3.33. The Balaban J connectivity index is 1.44. The van der Waals surface area contributed by atoms with Gasteiger partial charge in [-0.1, -0.05) is 24.1 Å². The lowest BCUT2D eigenvalue weighted by Gasteiger charge is -2.32. The maximum atomic E-state index is 12.8. The minimum Gasteiger partial charge on any atom is -0.324 e. The molecule has 4 atom stereocenters. The number of amides is 5. The number of hydrogen-bond donors (Lipinski definition) is 1. The first kappa shape index (κ1) is 18.9. The lowest BCUT2D eigenvalue weighted by atomic mass is 9.83. The summed E-state index contributed by atoms with van der Waals surface area (Å²) in [5, 5.41) is 3.04. The maximum absolute atomic E-state index is 12.8. The van der Waals surface area contributed by atoms with Crippen LogP contribution in [0.5, 0.6) is 0 Å². The van der Waals surface area contributed by atoms with Crippen LogP contribution in [0.25, 0.3) is 0 Å². The zero-order chi connectivity index (χ0) is 20.0. The molecule has 8 heteroatoms. The minimum atomic E-state index is -0.943. The first-order valence-electron chi connectivity index (χ1n) is 9.59. The van der Waals surface area contributed by atoms with Gasteiger partial charge in [0.15, 0.2) is 0 Å². The van der Waals surface area contributed by atoms with Crippen molar-refractivity contribution in [3.05, 3.63) is 29.3 Å². The van der Waals surface area contributed by atoms with E-state index in [1.54, 1.807) is 24.3 Å². The molecule has 5 amide bonds. The largest absolute Gasteiger partial charge is 0.334 e. The Kier molecular flexibility index (Phi) is 4.87. The highest BCUT2D eigenvalue weighted by Gasteiger charge is 2.52. The molecule has 148 valence electrons. The van der Waals surface area contributed by atoms with Gasteiger partial charge in [0.2, 0.25) is 5.91 Å². The van der Waals surface area contributed by atoms with Crippen LogP contribution in [0.4, 0.5) is 10.5 Å². The highest BCUT2D eigenvalue weighted by Crippen LogP contribution is 2.50. The molecule has 28 heavy (non-hydrogen) atoms. The summed E-state index contributed by atoms with van der Waals surface area (Å²) in [6, 6.07) is 5.50. The number of rotatable bonds is 5.